The van der Waals surface area contributed by atoms with Gasteiger partial charge in [-0.2, -0.15) is 0 Å². The number of nitrogens with two attached hydrogens (primary N) is 1. The summed E-state index contributed by atoms with van der Waals surface area (Å²) in [7, 11) is 0. The number of carboxylic acid groups (broad SMARTS) is 2. The van der Waals surface area contributed by atoms with Crippen LogP contribution in [-0.4, -0.2) is 44.6 Å². The van der Waals surface area contributed by atoms with Gasteiger partial charge in [0.1, 0.15) is 0 Å². The van der Waals surface area contributed by atoms with Gasteiger partial charge in [0.05, 0.1) is 0 Å². The Morgan fingerprint density at radius 1 is 1.43 bits per heavy atom. The van der Waals surface area contributed by atoms with E-state index in [9.17, 15) is 14.0 Å². The largest absolute Gasteiger partial charge is 0.480 e. The zero-order valence-electron chi connectivity index (χ0n) is 6.81. The number of carbonyl (C=O) groups is 2. The zero-order valence-corrected chi connectivity index (χ0v) is 7.62. The van der Waals surface area contributed by atoms with Crippen molar-refractivity contribution < 1.29 is 29.3 Å². The van der Waals surface area contributed by atoms with Crippen LogP contribution in [0.2, 0.25) is 0 Å². The third kappa shape index (κ3) is 1.43. The van der Waals surface area contributed by atoms with Gasteiger partial charge < -0.3 is 21.1 Å². The Morgan fingerprint density at radius 3 is 2.07 bits per heavy atom. The predicted octanol–water partition coefficient (Wildman–Crippen LogP) is -1.25. The Morgan fingerprint density at radius 2 is 1.86 bits per heavy atom. The molecule has 0 aromatic carbocycles. The average Bonchev–Trinajstić information content (AvgIpc) is 2.56. The van der Waals surface area contributed by atoms with Crippen LogP contribution < -0.4 is 5.73 Å². The molecule has 0 aromatic heterocycles. The van der Waals surface area contributed by atoms with Gasteiger partial charge in [-0.25, -0.2) is 9.18 Å². The molecule has 0 aliphatic heterocycles. The van der Waals surface area contributed by atoms with E-state index in [2.05, 4.69) is 0 Å². The second-order valence-corrected chi connectivity index (χ2v) is 3.06. The van der Waals surface area contributed by atoms with E-state index in [1.54, 1.807) is 0 Å². The summed E-state index contributed by atoms with van der Waals surface area (Å²) in [4.78, 5) is 20.5. The monoisotopic (exact) mass is 229 g/mol. The van der Waals surface area contributed by atoms with Gasteiger partial charge in [0.2, 0.25) is 0 Å². The standard InChI is InChI=1S/C6H8FNO5.ClH/c7-5(2(9)3(10)11)1-6(5,8)4(12)13;/h2,9H,1,8H2,(H,10,11)(H,12,13);1H/t2?,5-,6+;/m1./s1. The van der Waals surface area contributed by atoms with Gasteiger partial charge in [0, 0.05) is 6.42 Å². The molecule has 3 atom stereocenters. The Kier molecular flexibility index (Phi) is 3.12. The highest BCUT2D eigenvalue weighted by Gasteiger charge is 2.77. The van der Waals surface area contributed by atoms with Crippen LogP contribution in [-0.2, 0) is 9.59 Å². The molecule has 0 aromatic rings. The third-order valence-corrected chi connectivity index (χ3v) is 2.20. The van der Waals surface area contributed by atoms with Crippen molar-refractivity contribution in [1.29, 1.82) is 0 Å². The minimum Gasteiger partial charge on any atom is -0.480 e. The molecule has 1 aliphatic carbocycles. The molecule has 1 rings (SSSR count). The molecule has 5 N–H and O–H groups in total. The maximum Gasteiger partial charge on any atom is 0.336 e. The van der Waals surface area contributed by atoms with Crippen molar-refractivity contribution in [3.05, 3.63) is 0 Å². The maximum atomic E-state index is 13.3. The average molecular weight is 230 g/mol. The molecule has 1 aliphatic rings. The summed E-state index contributed by atoms with van der Waals surface area (Å²) in [5.41, 5.74) is -0.0236. The second-order valence-electron chi connectivity index (χ2n) is 3.06. The molecule has 8 heteroatoms. The lowest BCUT2D eigenvalue weighted by Gasteiger charge is -2.14. The number of carboxylic acids is 2. The van der Waals surface area contributed by atoms with Gasteiger partial charge >= 0.3 is 11.9 Å². The highest BCUT2D eigenvalue weighted by Crippen LogP contribution is 2.52. The molecule has 0 heterocycles. The normalized spacial score (nSPS) is 36.8. The van der Waals surface area contributed by atoms with E-state index < -0.39 is 35.7 Å². The molecular formula is C6H9ClFNO5. The third-order valence-electron chi connectivity index (χ3n) is 2.20. The quantitative estimate of drug-likeness (QED) is 0.480. The molecule has 82 valence electrons. The first-order chi connectivity index (χ1) is 5.75. The van der Waals surface area contributed by atoms with Crippen molar-refractivity contribution in [1.82, 2.24) is 0 Å². The smallest absolute Gasteiger partial charge is 0.336 e. The second kappa shape index (κ2) is 3.34. The minimum absolute atomic E-state index is 0. The van der Waals surface area contributed by atoms with Crippen molar-refractivity contribution in [3.63, 3.8) is 0 Å². The van der Waals surface area contributed by atoms with Crippen LogP contribution in [0.5, 0.6) is 0 Å². The Balaban J connectivity index is 0.00000169. The summed E-state index contributed by atoms with van der Waals surface area (Å²) < 4.78 is 13.3. The maximum absolute atomic E-state index is 13.3. The Bertz CT molecular complexity index is 287. The fraction of sp³-hybridized carbons (Fsp3) is 0.667. The fourth-order valence-corrected chi connectivity index (χ4v) is 1.15. The molecule has 0 saturated heterocycles. The highest BCUT2D eigenvalue weighted by atomic mass is 35.5. The van der Waals surface area contributed by atoms with E-state index in [-0.39, 0.29) is 12.4 Å². The minimum atomic E-state index is -2.76. The summed E-state index contributed by atoms with van der Waals surface area (Å²) in [5.74, 6) is -3.48. The van der Waals surface area contributed by atoms with Gasteiger partial charge in [0.25, 0.3) is 0 Å². The van der Waals surface area contributed by atoms with Gasteiger partial charge in [-0.05, 0) is 0 Å². The molecule has 1 fully saturated rings. The first kappa shape index (κ1) is 13.1. The summed E-state index contributed by atoms with van der Waals surface area (Å²) >= 11 is 0. The number of aliphatic hydroxyl groups is 1. The van der Waals surface area contributed by atoms with Gasteiger partial charge in [-0.1, -0.05) is 0 Å². The van der Waals surface area contributed by atoms with Crippen LogP contribution in [0.3, 0.4) is 0 Å². The Hall–Kier alpha value is -0.920. The number of alkyl halides is 1. The summed E-state index contributed by atoms with van der Waals surface area (Å²) in [6.07, 6.45) is -3.09. The van der Waals surface area contributed by atoms with Crippen molar-refractivity contribution in [3.8, 4) is 0 Å². The topological polar surface area (TPSA) is 121 Å². The van der Waals surface area contributed by atoms with Crippen molar-refractivity contribution in [2.45, 2.75) is 23.7 Å². The van der Waals surface area contributed by atoms with Crippen molar-refractivity contribution >= 4 is 24.3 Å². The van der Waals surface area contributed by atoms with Crippen LogP contribution in [0.4, 0.5) is 4.39 Å². The lowest BCUT2D eigenvalue weighted by molar-refractivity contribution is -0.153. The molecule has 0 amide bonds. The summed E-state index contributed by atoms with van der Waals surface area (Å²) in [6.45, 7) is 0. The number of hydrogen-bond donors (Lipinski definition) is 4. The van der Waals surface area contributed by atoms with Crippen molar-refractivity contribution in [2.75, 3.05) is 0 Å². The van der Waals surface area contributed by atoms with Gasteiger partial charge in [-0.3, -0.25) is 4.79 Å². The molecule has 1 unspecified atom stereocenters. The lowest BCUT2D eigenvalue weighted by atomic mass is 10.1. The molecule has 1 saturated carbocycles. The lowest BCUT2D eigenvalue weighted by Crippen LogP contribution is -2.48. The number of aliphatic carboxylic acids is 2. The predicted molar refractivity (Wildman–Crippen MR) is 43.9 cm³/mol. The molecule has 0 radical (unpaired) electrons. The van der Waals surface area contributed by atoms with Crippen LogP contribution in [0, 0.1) is 0 Å². The highest BCUT2D eigenvalue weighted by molar-refractivity contribution is 5.89. The van der Waals surface area contributed by atoms with E-state index in [4.69, 9.17) is 21.1 Å². The van der Waals surface area contributed by atoms with Crippen LogP contribution in [0.15, 0.2) is 0 Å². The zero-order chi connectivity index (χ0) is 10.4. The SMILES string of the molecule is Cl.N[C@]1(C(=O)O)C[C@@]1(F)C(O)C(=O)O. The molecule has 0 bridgehead atoms. The van der Waals surface area contributed by atoms with Crippen LogP contribution >= 0.6 is 12.4 Å². The molecule has 0 spiro atoms. The Labute approximate surface area is 83.9 Å². The molecule has 6 nitrogen and oxygen atoms in total. The first-order valence-electron chi connectivity index (χ1n) is 3.38. The van der Waals surface area contributed by atoms with Crippen molar-refractivity contribution in [2.24, 2.45) is 5.73 Å². The van der Waals surface area contributed by atoms with Gasteiger partial charge in [-0.15, -0.1) is 12.4 Å². The summed E-state index contributed by atoms with van der Waals surface area (Å²) in [5, 5.41) is 25.4. The number of rotatable bonds is 3. The fourth-order valence-electron chi connectivity index (χ4n) is 1.15. The summed E-state index contributed by atoms with van der Waals surface area (Å²) in [6, 6.07) is 0. The number of hydrogen-bond acceptors (Lipinski definition) is 4. The van der Waals surface area contributed by atoms with E-state index in [0.29, 0.717) is 0 Å². The van der Waals surface area contributed by atoms with E-state index in [1.165, 1.54) is 0 Å². The van der Waals surface area contributed by atoms with E-state index in [1.807, 2.05) is 0 Å². The number of aliphatic hydroxyl groups excluding tert-OH is 1. The molecule has 14 heavy (non-hydrogen) atoms. The number of halogens is 2. The van der Waals surface area contributed by atoms with E-state index >= 15 is 0 Å². The van der Waals surface area contributed by atoms with Gasteiger partial charge in [0.15, 0.2) is 17.3 Å². The molecular weight excluding hydrogens is 221 g/mol. The van der Waals surface area contributed by atoms with Crippen LogP contribution in [0.25, 0.3) is 0 Å². The van der Waals surface area contributed by atoms with E-state index in [0.717, 1.165) is 0 Å². The first-order valence-corrected chi connectivity index (χ1v) is 3.38. The van der Waals surface area contributed by atoms with Crippen LogP contribution in [0.1, 0.15) is 6.42 Å².